The highest BCUT2D eigenvalue weighted by Crippen LogP contribution is 2.34. The van der Waals surface area contributed by atoms with Crippen molar-refractivity contribution in [2.45, 2.75) is 56.4 Å². The predicted octanol–water partition coefficient (Wildman–Crippen LogP) is 3.31. The molecule has 1 unspecified atom stereocenters. The van der Waals surface area contributed by atoms with Crippen LogP contribution in [0.4, 0.5) is 0 Å². The van der Waals surface area contributed by atoms with Crippen molar-refractivity contribution in [3.63, 3.8) is 0 Å². The summed E-state index contributed by atoms with van der Waals surface area (Å²) in [5.74, 6) is -0.301. The van der Waals surface area contributed by atoms with E-state index in [1.165, 1.54) is 28.6 Å². The van der Waals surface area contributed by atoms with Crippen molar-refractivity contribution in [3.05, 3.63) is 20.8 Å². The van der Waals surface area contributed by atoms with Gasteiger partial charge in [-0.05, 0) is 44.6 Å². The van der Waals surface area contributed by atoms with Gasteiger partial charge in [-0.1, -0.05) is 18.7 Å². The van der Waals surface area contributed by atoms with Crippen molar-refractivity contribution < 1.29 is 14.3 Å². The van der Waals surface area contributed by atoms with Crippen molar-refractivity contribution in [1.29, 1.82) is 0 Å². The quantitative estimate of drug-likeness (QED) is 0.319. The number of carbonyl (C=O) groups excluding carboxylic acids is 1. The van der Waals surface area contributed by atoms with Crippen LogP contribution in [-0.2, 0) is 27.1 Å². The molecule has 0 bridgehead atoms. The minimum absolute atomic E-state index is 0.100. The first kappa shape index (κ1) is 19.4. The molecular weight excluding hydrogens is 372 g/mol. The Labute approximate surface area is 160 Å². The number of aromatic nitrogens is 2. The normalized spacial score (nSPS) is 15.0. The summed E-state index contributed by atoms with van der Waals surface area (Å²) in [6.07, 6.45) is 4.88. The molecule has 0 saturated heterocycles. The van der Waals surface area contributed by atoms with E-state index < -0.39 is 5.25 Å². The molecule has 0 saturated carbocycles. The minimum Gasteiger partial charge on any atom is -0.462 e. The molecule has 142 valence electrons. The highest BCUT2D eigenvalue weighted by atomic mass is 32.2. The molecule has 2 aromatic heterocycles. The Balaban J connectivity index is 1.75. The van der Waals surface area contributed by atoms with Gasteiger partial charge in [-0.2, -0.15) is 0 Å². The van der Waals surface area contributed by atoms with E-state index in [1.807, 2.05) is 13.8 Å². The molecule has 1 atom stereocenters. The average Bonchev–Trinajstić information content (AvgIpc) is 3.01. The number of thiophene rings is 1. The van der Waals surface area contributed by atoms with Gasteiger partial charge in [-0.3, -0.25) is 9.59 Å². The lowest BCUT2D eigenvalue weighted by atomic mass is 9.97. The smallest absolute Gasteiger partial charge is 0.319 e. The Morgan fingerprint density at radius 1 is 1.31 bits per heavy atom. The van der Waals surface area contributed by atoms with Crippen LogP contribution in [0.3, 0.4) is 0 Å². The molecule has 0 amide bonds. The molecule has 1 aliphatic rings. The zero-order valence-electron chi connectivity index (χ0n) is 15.1. The molecule has 1 aliphatic carbocycles. The molecule has 8 heteroatoms. The second kappa shape index (κ2) is 9.01. The van der Waals surface area contributed by atoms with Gasteiger partial charge >= 0.3 is 5.97 Å². The first-order chi connectivity index (χ1) is 12.6. The first-order valence-electron chi connectivity index (χ1n) is 9.09. The summed E-state index contributed by atoms with van der Waals surface area (Å²) in [4.78, 5) is 34.3. The molecule has 0 fully saturated rings. The Kier molecular flexibility index (Phi) is 6.72. The largest absolute Gasteiger partial charge is 0.462 e. The van der Waals surface area contributed by atoms with Gasteiger partial charge in [0.25, 0.3) is 5.56 Å². The number of hydrogen-bond acceptors (Lipinski definition) is 7. The van der Waals surface area contributed by atoms with E-state index in [9.17, 15) is 9.59 Å². The number of ether oxygens (including phenoxy) is 2. The van der Waals surface area contributed by atoms with Crippen LogP contribution in [0.25, 0.3) is 10.2 Å². The number of aryl methyl sites for hydroxylation is 2. The van der Waals surface area contributed by atoms with Crippen molar-refractivity contribution in [2.75, 3.05) is 19.8 Å². The number of fused-ring (bicyclic) bond motifs is 3. The zero-order chi connectivity index (χ0) is 18.5. The predicted molar refractivity (Wildman–Crippen MR) is 104 cm³/mol. The van der Waals surface area contributed by atoms with Crippen molar-refractivity contribution >= 4 is 39.3 Å². The summed E-state index contributed by atoms with van der Waals surface area (Å²) in [5.41, 5.74) is 1.07. The lowest BCUT2D eigenvalue weighted by Crippen LogP contribution is -2.22. The molecule has 6 nitrogen and oxygen atoms in total. The maximum Gasteiger partial charge on any atom is 0.319 e. The number of aromatic amines is 1. The van der Waals surface area contributed by atoms with Gasteiger partial charge in [-0.15, -0.1) is 11.3 Å². The summed E-state index contributed by atoms with van der Waals surface area (Å²) in [5, 5.41) is 0.822. The summed E-state index contributed by atoms with van der Waals surface area (Å²) in [6, 6.07) is 0. The van der Waals surface area contributed by atoms with E-state index in [0.717, 1.165) is 29.5 Å². The summed E-state index contributed by atoms with van der Waals surface area (Å²) in [7, 11) is 0. The highest BCUT2D eigenvalue weighted by molar-refractivity contribution is 8.00. The molecular formula is C18H24N2O4S2. The lowest BCUT2D eigenvalue weighted by Gasteiger charge is -2.13. The molecule has 0 aliphatic heterocycles. The Bertz CT molecular complexity index is 830. The number of hydrogen-bond donors (Lipinski definition) is 1. The molecule has 1 N–H and O–H groups in total. The van der Waals surface area contributed by atoms with Gasteiger partial charge in [0.2, 0.25) is 0 Å². The lowest BCUT2D eigenvalue weighted by molar-refractivity contribution is -0.144. The van der Waals surface area contributed by atoms with Crippen molar-refractivity contribution in [2.24, 2.45) is 0 Å². The number of carbonyl (C=O) groups is 1. The van der Waals surface area contributed by atoms with Crippen LogP contribution in [0.5, 0.6) is 0 Å². The molecule has 26 heavy (non-hydrogen) atoms. The van der Waals surface area contributed by atoms with E-state index in [4.69, 9.17) is 9.47 Å². The van der Waals surface area contributed by atoms with Gasteiger partial charge < -0.3 is 14.5 Å². The number of H-pyrrole nitrogens is 1. The molecule has 0 spiro atoms. The summed E-state index contributed by atoms with van der Waals surface area (Å²) in [6.45, 7) is 5.05. The van der Waals surface area contributed by atoms with E-state index in [0.29, 0.717) is 24.8 Å². The third kappa shape index (κ3) is 4.29. The standard InChI is InChI=1S/C18H24N2O4S2/c1-3-12(17(22)24-10-9-23-4-2)26-18-19-15(21)14-11-7-5-6-8-13(11)25-16(14)20-18/h12H,3-10H2,1-2H3,(H,19,20,21). The second-order valence-electron chi connectivity index (χ2n) is 6.14. The zero-order valence-corrected chi connectivity index (χ0v) is 16.8. The van der Waals surface area contributed by atoms with Gasteiger partial charge in [-0.25, -0.2) is 4.98 Å². The van der Waals surface area contributed by atoms with Crippen LogP contribution in [0.1, 0.15) is 43.6 Å². The maximum atomic E-state index is 12.6. The SMILES string of the molecule is CCOCCOC(=O)C(CC)Sc1nc2sc3c(c2c(=O)[nH]1)CCCC3. The third-order valence-electron chi connectivity index (χ3n) is 4.37. The minimum atomic E-state index is -0.396. The van der Waals surface area contributed by atoms with Crippen LogP contribution in [-0.4, -0.2) is 41.0 Å². The van der Waals surface area contributed by atoms with Gasteiger partial charge in [0.05, 0.1) is 12.0 Å². The van der Waals surface area contributed by atoms with E-state index in [1.54, 1.807) is 11.3 Å². The molecule has 2 heterocycles. The van der Waals surface area contributed by atoms with E-state index >= 15 is 0 Å². The Morgan fingerprint density at radius 3 is 2.88 bits per heavy atom. The number of thioether (sulfide) groups is 1. The van der Waals surface area contributed by atoms with E-state index in [2.05, 4.69) is 9.97 Å². The average molecular weight is 397 g/mol. The fourth-order valence-corrected chi connectivity index (χ4v) is 5.29. The number of nitrogens with one attached hydrogen (secondary N) is 1. The van der Waals surface area contributed by atoms with Crippen molar-refractivity contribution in [1.82, 2.24) is 9.97 Å². The molecule has 3 rings (SSSR count). The Morgan fingerprint density at radius 2 is 2.12 bits per heavy atom. The monoisotopic (exact) mass is 396 g/mol. The van der Waals surface area contributed by atoms with E-state index in [-0.39, 0.29) is 18.1 Å². The Hall–Kier alpha value is -1.38. The maximum absolute atomic E-state index is 12.6. The number of nitrogens with zero attached hydrogens (tertiary/aromatic N) is 1. The first-order valence-corrected chi connectivity index (χ1v) is 10.8. The highest BCUT2D eigenvalue weighted by Gasteiger charge is 2.23. The summed E-state index contributed by atoms with van der Waals surface area (Å²) >= 11 is 2.87. The molecule has 0 radical (unpaired) electrons. The van der Waals surface area contributed by atoms with Crippen molar-refractivity contribution in [3.8, 4) is 0 Å². The van der Waals surface area contributed by atoms with Gasteiger partial charge in [0.1, 0.15) is 16.7 Å². The van der Waals surface area contributed by atoms with Crippen LogP contribution in [0.15, 0.2) is 9.95 Å². The van der Waals surface area contributed by atoms with Crippen LogP contribution in [0.2, 0.25) is 0 Å². The second-order valence-corrected chi connectivity index (χ2v) is 8.42. The molecule has 0 aromatic carbocycles. The summed E-state index contributed by atoms with van der Waals surface area (Å²) < 4.78 is 10.4. The number of rotatable bonds is 8. The number of esters is 1. The fourth-order valence-electron chi connectivity index (χ4n) is 3.07. The third-order valence-corrected chi connectivity index (χ3v) is 6.78. The van der Waals surface area contributed by atoms with Gasteiger partial charge in [0.15, 0.2) is 5.16 Å². The molecule has 2 aromatic rings. The van der Waals surface area contributed by atoms with Crippen LogP contribution < -0.4 is 5.56 Å². The van der Waals surface area contributed by atoms with Crippen LogP contribution >= 0.6 is 23.1 Å². The fraction of sp³-hybridized carbons (Fsp3) is 0.611. The van der Waals surface area contributed by atoms with Crippen LogP contribution in [0, 0.1) is 0 Å². The van der Waals surface area contributed by atoms with Gasteiger partial charge in [0, 0.05) is 11.5 Å². The topological polar surface area (TPSA) is 81.3 Å².